The minimum Gasteiger partial charge on any atom is -0.462 e. The van der Waals surface area contributed by atoms with E-state index in [1.165, 1.54) is 4.88 Å². The number of thiophene rings is 1. The Hall–Kier alpha value is -3.58. The minimum absolute atomic E-state index is 0.263. The lowest BCUT2D eigenvalue weighted by atomic mass is 9.95. The standard InChI is InChI=1S/C27H26N4O2S/c1-3-33-27(32)25-21-9-5-7-11-24(21)34-26(25)29-17(2)18-12-14-19(15-13-18)30-31-23-16-28-22-10-6-4-8-20(22)23/h4,6,8,10,12-16,28H,3,5,7,9,11H2,1-2H3/b29-17-,31-30?. The van der Waals surface area contributed by atoms with Gasteiger partial charge in [0.2, 0.25) is 0 Å². The number of para-hydroxylation sites is 1. The van der Waals surface area contributed by atoms with Crippen LogP contribution in [0.25, 0.3) is 10.9 Å². The van der Waals surface area contributed by atoms with Crippen molar-refractivity contribution in [3.8, 4) is 0 Å². The summed E-state index contributed by atoms with van der Waals surface area (Å²) in [7, 11) is 0. The van der Waals surface area contributed by atoms with Gasteiger partial charge in [-0.1, -0.05) is 30.3 Å². The molecule has 0 saturated heterocycles. The average molecular weight is 471 g/mol. The molecule has 0 amide bonds. The minimum atomic E-state index is -0.263. The zero-order valence-corrected chi connectivity index (χ0v) is 20.1. The molecule has 7 heteroatoms. The number of hydrogen-bond donors (Lipinski definition) is 1. The van der Waals surface area contributed by atoms with Gasteiger partial charge in [0.15, 0.2) is 0 Å². The van der Waals surface area contributed by atoms with Crippen molar-refractivity contribution in [1.82, 2.24) is 4.98 Å². The second-order valence-electron chi connectivity index (χ2n) is 8.28. The number of rotatable bonds is 6. The van der Waals surface area contributed by atoms with E-state index in [2.05, 4.69) is 15.2 Å². The molecular weight excluding hydrogens is 444 g/mol. The van der Waals surface area contributed by atoms with Crippen molar-refractivity contribution in [2.24, 2.45) is 15.2 Å². The van der Waals surface area contributed by atoms with Crippen LogP contribution in [0.3, 0.4) is 0 Å². The number of fused-ring (bicyclic) bond motifs is 2. The van der Waals surface area contributed by atoms with E-state index in [9.17, 15) is 4.79 Å². The summed E-state index contributed by atoms with van der Waals surface area (Å²) in [5.41, 5.74) is 6.23. The molecule has 2 heterocycles. The van der Waals surface area contributed by atoms with Crippen LogP contribution in [0.2, 0.25) is 0 Å². The Morgan fingerprint density at radius 1 is 1.06 bits per heavy atom. The number of ether oxygens (including phenoxy) is 1. The first-order chi connectivity index (χ1) is 16.6. The fraction of sp³-hybridized carbons (Fsp3) is 0.259. The molecule has 4 aromatic rings. The Labute approximate surface area is 202 Å². The first-order valence-corrected chi connectivity index (χ1v) is 12.4. The Kier molecular flexibility index (Phi) is 6.36. The molecule has 0 bridgehead atoms. The van der Waals surface area contributed by atoms with Crippen molar-refractivity contribution in [2.45, 2.75) is 39.5 Å². The molecule has 1 aliphatic rings. The molecule has 172 valence electrons. The Balaban J connectivity index is 1.39. The van der Waals surface area contributed by atoms with E-state index in [-0.39, 0.29) is 5.97 Å². The SMILES string of the molecule is CCOC(=O)c1c(/N=C(/C)c2ccc(N=Nc3c[nH]c4ccccc34)cc2)sc2c1CCCC2. The van der Waals surface area contributed by atoms with Gasteiger partial charge in [-0.05, 0) is 68.9 Å². The number of aromatic nitrogens is 1. The maximum absolute atomic E-state index is 12.7. The predicted molar refractivity (Wildman–Crippen MR) is 138 cm³/mol. The highest BCUT2D eigenvalue weighted by molar-refractivity contribution is 7.16. The highest BCUT2D eigenvalue weighted by Gasteiger charge is 2.26. The quantitative estimate of drug-likeness (QED) is 0.177. The van der Waals surface area contributed by atoms with Crippen LogP contribution in [0.4, 0.5) is 16.4 Å². The normalized spacial score (nSPS) is 14.0. The molecule has 0 fully saturated rings. The Bertz CT molecular complexity index is 1400. The highest BCUT2D eigenvalue weighted by Crippen LogP contribution is 2.40. The van der Waals surface area contributed by atoms with E-state index in [0.29, 0.717) is 12.2 Å². The number of hydrogen-bond acceptors (Lipinski definition) is 6. The fourth-order valence-electron chi connectivity index (χ4n) is 4.28. The number of esters is 1. The molecule has 0 atom stereocenters. The van der Waals surface area contributed by atoms with E-state index in [1.807, 2.05) is 68.6 Å². The van der Waals surface area contributed by atoms with Gasteiger partial charge in [0.25, 0.3) is 0 Å². The molecular formula is C27H26N4O2S. The van der Waals surface area contributed by atoms with Crippen molar-refractivity contribution in [2.75, 3.05) is 6.61 Å². The lowest BCUT2D eigenvalue weighted by Gasteiger charge is -2.11. The first kappa shape index (κ1) is 22.2. The summed E-state index contributed by atoms with van der Waals surface area (Å²) in [5, 5.41) is 10.6. The molecule has 2 aromatic heterocycles. The monoisotopic (exact) mass is 470 g/mol. The van der Waals surface area contributed by atoms with Crippen LogP contribution in [0.15, 0.2) is 69.9 Å². The molecule has 0 saturated carbocycles. The van der Waals surface area contributed by atoms with Crippen molar-refractivity contribution < 1.29 is 9.53 Å². The van der Waals surface area contributed by atoms with Crippen LogP contribution in [0.5, 0.6) is 0 Å². The van der Waals surface area contributed by atoms with Crippen LogP contribution in [-0.2, 0) is 17.6 Å². The highest BCUT2D eigenvalue weighted by atomic mass is 32.1. The van der Waals surface area contributed by atoms with Crippen molar-refractivity contribution in [1.29, 1.82) is 0 Å². The van der Waals surface area contributed by atoms with Crippen molar-refractivity contribution in [3.63, 3.8) is 0 Å². The Morgan fingerprint density at radius 3 is 2.68 bits per heavy atom. The lowest BCUT2D eigenvalue weighted by molar-refractivity contribution is 0.0526. The van der Waals surface area contributed by atoms with Gasteiger partial charge in [0.1, 0.15) is 10.7 Å². The summed E-state index contributed by atoms with van der Waals surface area (Å²) in [5.74, 6) is -0.263. The molecule has 1 N–H and O–H groups in total. The number of H-pyrrole nitrogens is 1. The fourth-order valence-corrected chi connectivity index (χ4v) is 5.58. The molecule has 0 radical (unpaired) electrons. The number of nitrogens with zero attached hydrogens (tertiary/aromatic N) is 3. The van der Waals surface area contributed by atoms with E-state index in [1.54, 1.807) is 11.3 Å². The zero-order chi connectivity index (χ0) is 23.5. The summed E-state index contributed by atoms with van der Waals surface area (Å²) < 4.78 is 5.35. The molecule has 6 nitrogen and oxygen atoms in total. The van der Waals surface area contributed by atoms with E-state index >= 15 is 0 Å². The number of azo groups is 1. The third-order valence-electron chi connectivity index (χ3n) is 6.03. The lowest BCUT2D eigenvalue weighted by Crippen LogP contribution is -2.09. The molecule has 5 rings (SSSR count). The number of carbonyl (C=O) groups excluding carboxylic acids is 1. The van der Waals surface area contributed by atoms with Crippen LogP contribution in [0, 0.1) is 0 Å². The summed E-state index contributed by atoms with van der Waals surface area (Å²) in [6.07, 6.45) is 6.06. The number of aromatic amines is 1. The van der Waals surface area contributed by atoms with Gasteiger partial charge in [-0.25, -0.2) is 9.79 Å². The van der Waals surface area contributed by atoms with Crippen LogP contribution in [-0.4, -0.2) is 23.3 Å². The number of benzene rings is 2. The number of nitrogens with one attached hydrogen (secondary N) is 1. The van der Waals surface area contributed by atoms with Gasteiger partial charge in [0, 0.05) is 27.7 Å². The number of aryl methyl sites for hydroxylation is 1. The molecule has 1 aliphatic carbocycles. The van der Waals surface area contributed by atoms with E-state index in [4.69, 9.17) is 9.73 Å². The maximum Gasteiger partial charge on any atom is 0.341 e. The van der Waals surface area contributed by atoms with Gasteiger partial charge in [-0.2, -0.15) is 5.11 Å². The van der Waals surface area contributed by atoms with Gasteiger partial charge in [-0.15, -0.1) is 16.5 Å². The molecule has 0 aliphatic heterocycles. The largest absolute Gasteiger partial charge is 0.462 e. The summed E-state index contributed by atoms with van der Waals surface area (Å²) >= 11 is 1.62. The topological polar surface area (TPSA) is 79.2 Å². The van der Waals surface area contributed by atoms with E-state index < -0.39 is 0 Å². The predicted octanol–water partition coefficient (Wildman–Crippen LogP) is 7.84. The van der Waals surface area contributed by atoms with Crippen LogP contribution in [0.1, 0.15) is 53.1 Å². The molecule has 34 heavy (non-hydrogen) atoms. The second kappa shape index (κ2) is 9.73. The van der Waals surface area contributed by atoms with Gasteiger partial charge in [0.05, 0.1) is 17.9 Å². The summed E-state index contributed by atoms with van der Waals surface area (Å²) in [6.45, 7) is 4.17. The third-order valence-corrected chi connectivity index (χ3v) is 7.21. The number of aliphatic imine (C=N–C) groups is 1. The molecule has 0 spiro atoms. The summed E-state index contributed by atoms with van der Waals surface area (Å²) in [4.78, 5) is 22.0. The maximum atomic E-state index is 12.7. The average Bonchev–Trinajstić information content (AvgIpc) is 3.44. The van der Waals surface area contributed by atoms with Crippen LogP contribution >= 0.6 is 11.3 Å². The van der Waals surface area contributed by atoms with Crippen molar-refractivity contribution >= 4 is 50.3 Å². The van der Waals surface area contributed by atoms with Gasteiger partial charge < -0.3 is 9.72 Å². The van der Waals surface area contributed by atoms with Gasteiger partial charge >= 0.3 is 5.97 Å². The molecule has 0 unspecified atom stereocenters. The third kappa shape index (κ3) is 4.43. The number of carbonyl (C=O) groups is 1. The van der Waals surface area contributed by atoms with Gasteiger partial charge in [-0.3, -0.25) is 0 Å². The second-order valence-corrected chi connectivity index (χ2v) is 9.36. The Morgan fingerprint density at radius 2 is 1.85 bits per heavy atom. The smallest absolute Gasteiger partial charge is 0.341 e. The van der Waals surface area contributed by atoms with Crippen LogP contribution < -0.4 is 0 Å². The summed E-state index contributed by atoms with van der Waals surface area (Å²) in [6, 6.07) is 15.8. The zero-order valence-electron chi connectivity index (χ0n) is 19.3. The van der Waals surface area contributed by atoms with E-state index in [0.717, 1.165) is 69.8 Å². The first-order valence-electron chi connectivity index (χ1n) is 11.6. The van der Waals surface area contributed by atoms with Crippen molar-refractivity contribution in [3.05, 3.63) is 76.3 Å². The molecule has 2 aromatic carbocycles.